The Morgan fingerprint density at radius 1 is 0.556 bits per heavy atom. The highest BCUT2D eigenvalue weighted by Crippen LogP contribution is 2.49. The number of thiophene rings is 2. The molecule has 0 aliphatic carbocycles. The van der Waals surface area contributed by atoms with E-state index in [1.54, 1.807) is 21.9 Å². The van der Waals surface area contributed by atoms with Gasteiger partial charge in [-0.15, -0.1) is 22.7 Å². The Bertz CT molecular complexity index is 1630. The SMILES string of the molecule is C[Si](C)(C)CCc1c2ccccc2cc2sc3c(sc4cc5ccccc5c(CC[Si](C)(C)C)c43)c12. The van der Waals surface area contributed by atoms with E-state index >= 15 is 0 Å². The molecule has 36 heavy (non-hydrogen) atoms. The van der Waals surface area contributed by atoms with Gasteiger partial charge in [-0.05, 0) is 57.6 Å². The molecule has 0 atom stereocenters. The molecule has 0 saturated carbocycles. The summed E-state index contributed by atoms with van der Waals surface area (Å²) in [4.78, 5) is 0. The molecule has 0 N–H and O–H groups in total. The average molecular weight is 541 g/mol. The van der Waals surface area contributed by atoms with Crippen LogP contribution in [-0.2, 0) is 12.8 Å². The lowest BCUT2D eigenvalue weighted by Crippen LogP contribution is -2.20. The molecule has 2 aromatic heterocycles. The van der Waals surface area contributed by atoms with Crippen LogP contribution >= 0.6 is 22.7 Å². The van der Waals surface area contributed by atoms with Crippen molar-refractivity contribution in [2.75, 3.05) is 0 Å². The Balaban J connectivity index is 1.69. The van der Waals surface area contributed by atoms with Crippen molar-refractivity contribution in [1.29, 1.82) is 0 Å². The third-order valence-electron chi connectivity index (χ3n) is 7.58. The van der Waals surface area contributed by atoms with Crippen LogP contribution in [0.5, 0.6) is 0 Å². The van der Waals surface area contributed by atoms with Gasteiger partial charge in [0.15, 0.2) is 0 Å². The van der Waals surface area contributed by atoms with Crippen LogP contribution in [0, 0.1) is 0 Å². The molecule has 184 valence electrons. The van der Waals surface area contributed by atoms with Gasteiger partial charge >= 0.3 is 0 Å². The van der Waals surface area contributed by atoms with Crippen molar-refractivity contribution in [2.24, 2.45) is 0 Å². The van der Waals surface area contributed by atoms with Crippen molar-refractivity contribution in [1.82, 2.24) is 0 Å². The van der Waals surface area contributed by atoms with E-state index in [0.29, 0.717) is 0 Å². The Kier molecular flexibility index (Phi) is 5.95. The van der Waals surface area contributed by atoms with Gasteiger partial charge in [0, 0.05) is 36.3 Å². The smallest absolute Gasteiger partial charge is 0.0545 e. The molecule has 4 heteroatoms. The molecule has 0 amide bonds. The normalized spacial score (nSPS) is 13.2. The third-order valence-corrected chi connectivity index (χ3v) is 13.5. The van der Waals surface area contributed by atoms with E-state index in [4.69, 9.17) is 0 Å². The lowest BCUT2D eigenvalue weighted by atomic mass is 9.97. The summed E-state index contributed by atoms with van der Waals surface area (Å²) in [6.07, 6.45) is 2.39. The molecule has 0 bridgehead atoms. The van der Waals surface area contributed by atoms with Crippen molar-refractivity contribution >= 4 is 89.9 Å². The lowest BCUT2D eigenvalue weighted by molar-refractivity contribution is 1.12. The van der Waals surface area contributed by atoms with Crippen LogP contribution in [0.15, 0.2) is 60.7 Å². The highest BCUT2D eigenvalue weighted by atomic mass is 32.1. The maximum Gasteiger partial charge on any atom is 0.0545 e. The van der Waals surface area contributed by atoms with E-state index in [2.05, 4.69) is 99.9 Å². The Hall–Kier alpha value is -1.99. The highest BCUT2D eigenvalue weighted by Gasteiger charge is 2.23. The summed E-state index contributed by atoms with van der Waals surface area (Å²) in [5.41, 5.74) is 3.19. The van der Waals surface area contributed by atoms with Gasteiger partial charge in [-0.1, -0.05) is 99.9 Å². The minimum atomic E-state index is -1.15. The molecule has 6 rings (SSSR count). The monoisotopic (exact) mass is 540 g/mol. The number of hydrogen-bond acceptors (Lipinski definition) is 2. The summed E-state index contributed by atoms with van der Waals surface area (Å²) in [5, 5.41) is 8.83. The molecule has 0 radical (unpaired) electrons. The summed E-state index contributed by atoms with van der Waals surface area (Å²) in [6, 6.07) is 25.8. The molecule has 0 nitrogen and oxygen atoms in total. The van der Waals surface area contributed by atoms with Crippen molar-refractivity contribution in [3.05, 3.63) is 71.8 Å². The zero-order valence-electron chi connectivity index (χ0n) is 22.4. The predicted molar refractivity (Wildman–Crippen MR) is 173 cm³/mol. The van der Waals surface area contributed by atoms with Crippen LogP contribution in [0.4, 0.5) is 0 Å². The van der Waals surface area contributed by atoms with Crippen molar-refractivity contribution in [3.63, 3.8) is 0 Å². The van der Waals surface area contributed by atoms with Crippen molar-refractivity contribution in [3.8, 4) is 0 Å². The molecule has 0 fully saturated rings. The Morgan fingerprint density at radius 3 is 1.33 bits per heavy atom. The summed E-state index contributed by atoms with van der Waals surface area (Å²) >= 11 is 4.10. The van der Waals surface area contributed by atoms with E-state index < -0.39 is 16.1 Å². The minimum absolute atomic E-state index is 1.15. The second-order valence-corrected chi connectivity index (χ2v) is 26.2. The summed E-state index contributed by atoms with van der Waals surface area (Å²) < 4.78 is 6.02. The second kappa shape index (κ2) is 8.80. The first kappa shape index (κ1) is 24.4. The molecule has 4 aromatic carbocycles. The second-order valence-electron chi connectivity index (χ2n) is 12.9. The molecule has 6 aromatic rings. The van der Waals surface area contributed by atoms with Gasteiger partial charge < -0.3 is 0 Å². The van der Waals surface area contributed by atoms with Crippen LogP contribution in [0.1, 0.15) is 11.1 Å². The van der Waals surface area contributed by atoms with E-state index in [0.717, 1.165) is 0 Å². The summed E-state index contributed by atoms with van der Waals surface area (Å²) in [7, 11) is -2.31. The van der Waals surface area contributed by atoms with Crippen LogP contribution in [-0.4, -0.2) is 16.1 Å². The predicted octanol–water partition coefficient (Wildman–Crippen LogP) is 11.3. The van der Waals surface area contributed by atoms with Gasteiger partial charge in [0.25, 0.3) is 0 Å². The molecule has 2 heterocycles. The first-order valence-electron chi connectivity index (χ1n) is 13.3. The molecule has 0 spiro atoms. The fourth-order valence-corrected chi connectivity index (χ4v) is 10.5. The minimum Gasteiger partial charge on any atom is -0.134 e. The van der Waals surface area contributed by atoms with Gasteiger partial charge in [-0.25, -0.2) is 0 Å². The maximum absolute atomic E-state index is 2.51. The molecule has 0 unspecified atom stereocenters. The third kappa shape index (κ3) is 4.36. The van der Waals surface area contributed by atoms with Crippen molar-refractivity contribution in [2.45, 2.75) is 64.2 Å². The average Bonchev–Trinajstić information content (AvgIpc) is 3.33. The fourth-order valence-electron chi connectivity index (χ4n) is 5.61. The standard InChI is InChI=1S/C32H36S2Si2/c1-35(2,3)17-15-25-23-13-9-7-11-21(23)19-27-29(25)31-32(33-27)30-26(16-18-36(4,5)6)24-14-10-8-12-22(24)20-28(30)34-31/h7-14,19-20H,15-18H2,1-6H3. The number of benzene rings is 4. The number of rotatable bonds is 6. The highest BCUT2D eigenvalue weighted by molar-refractivity contribution is 7.36. The van der Waals surface area contributed by atoms with Crippen LogP contribution in [0.25, 0.3) is 51.1 Å². The van der Waals surface area contributed by atoms with E-state index in [1.165, 1.54) is 65.3 Å². The quantitative estimate of drug-likeness (QED) is 0.184. The van der Waals surface area contributed by atoms with Gasteiger partial charge in [0.1, 0.15) is 0 Å². The first-order valence-corrected chi connectivity index (χ1v) is 22.3. The largest absolute Gasteiger partial charge is 0.134 e. The molecule has 0 saturated heterocycles. The molecular formula is C32H36S2Si2. The topological polar surface area (TPSA) is 0 Å². The number of hydrogen-bond donors (Lipinski definition) is 0. The van der Waals surface area contributed by atoms with E-state index in [9.17, 15) is 0 Å². The number of aryl methyl sites for hydroxylation is 2. The summed E-state index contributed by atoms with van der Waals surface area (Å²) in [6.45, 7) is 15.0. The maximum atomic E-state index is 2.51. The van der Waals surface area contributed by atoms with Gasteiger partial charge in [0.2, 0.25) is 0 Å². The van der Waals surface area contributed by atoms with Crippen molar-refractivity contribution < 1.29 is 0 Å². The zero-order valence-corrected chi connectivity index (χ0v) is 26.1. The van der Waals surface area contributed by atoms with Gasteiger partial charge in [-0.3, -0.25) is 0 Å². The first-order chi connectivity index (χ1) is 17.1. The summed E-state index contributed by atoms with van der Waals surface area (Å²) in [5.74, 6) is 0. The molecular weight excluding hydrogens is 505 g/mol. The fraction of sp³-hybridized carbons (Fsp3) is 0.312. The number of fused-ring (bicyclic) bond motifs is 7. The van der Waals surface area contributed by atoms with Gasteiger partial charge in [0.05, 0.1) is 9.40 Å². The zero-order chi connectivity index (χ0) is 25.2. The molecule has 0 aliphatic heterocycles. The Morgan fingerprint density at radius 2 is 0.944 bits per heavy atom. The van der Waals surface area contributed by atoms with Crippen LogP contribution < -0.4 is 0 Å². The van der Waals surface area contributed by atoms with E-state index in [-0.39, 0.29) is 0 Å². The lowest BCUT2D eigenvalue weighted by Gasteiger charge is -2.17. The Labute approximate surface area is 225 Å². The van der Waals surface area contributed by atoms with Crippen LogP contribution in [0.3, 0.4) is 0 Å². The van der Waals surface area contributed by atoms with E-state index in [1.807, 2.05) is 22.7 Å². The van der Waals surface area contributed by atoms with Gasteiger partial charge in [-0.2, -0.15) is 0 Å². The molecule has 0 aliphatic rings. The van der Waals surface area contributed by atoms with Crippen LogP contribution in [0.2, 0.25) is 51.4 Å².